The number of hydrogen-bond acceptors (Lipinski definition) is 2. The molecule has 0 unspecified atom stereocenters. The third kappa shape index (κ3) is 4.35. The maximum Gasteiger partial charge on any atom is 0.0684 e. The highest BCUT2D eigenvalue weighted by atomic mass is 15.1. The summed E-state index contributed by atoms with van der Waals surface area (Å²) in [6.07, 6.45) is 0.943. The first kappa shape index (κ1) is 11.4. The fourth-order valence-electron chi connectivity index (χ4n) is 0.770. The zero-order chi connectivity index (χ0) is 9.78. The van der Waals surface area contributed by atoms with E-state index in [1.54, 1.807) is 0 Å². The summed E-state index contributed by atoms with van der Waals surface area (Å²) in [5, 5.41) is 8.78. The molecule has 0 aliphatic heterocycles. The summed E-state index contributed by atoms with van der Waals surface area (Å²) in [4.78, 5) is 2.26. The molecule has 70 valence electrons. The maximum atomic E-state index is 8.78. The predicted molar refractivity (Wildman–Crippen MR) is 51.8 cm³/mol. The van der Waals surface area contributed by atoms with Crippen molar-refractivity contribution < 1.29 is 0 Å². The van der Waals surface area contributed by atoms with Gasteiger partial charge in [0.1, 0.15) is 0 Å². The van der Waals surface area contributed by atoms with Crippen molar-refractivity contribution in [1.29, 1.82) is 5.26 Å². The van der Waals surface area contributed by atoms with E-state index in [0.717, 1.165) is 13.0 Å². The zero-order valence-electron chi connectivity index (χ0n) is 8.89. The van der Waals surface area contributed by atoms with E-state index in [9.17, 15) is 0 Å². The summed E-state index contributed by atoms with van der Waals surface area (Å²) in [5.74, 6) is 0. The van der Waals surface area contributed by atoms with Crippen molar-refractivity contribution in [1.82, 2.24) is 4.90 Å². The normalized spacial score (nSPS) is 12.2. The second-order valence-corrected chi connectivity index (χ2v) is 4.32. The highest BCUT2D eigenvalue weighted by Crippen LogP contribution is 2.18. The van der Waals surface area contributed by atoms with E-state index in [-0.39, 0.29) is 5.41 Å². The number of hydrogen-bond donors (Lipinski definition) is 0. The predicted octanol–water partition coefficient (Wildman–Crippen LogP) is 2.27. The first-order valence-corrected chi connectivity index (χ1v) is 4.50. The van der Waals surface area contributed by atoms with Crippen LogP contribution in [0.1, 0.15) is 34.1 Å². The molecular weight excluding hydrogens is 148 g/mol. The van der Waals surface area contributed by atoms with Crippen molar-refractivity contribution in [3.8, 4) is 6.07 Å². The SMILES string of the molecule is CC(C)N(C)CCC(C)(C)C#N. The van der Waals surface area contributed by atoms with Crippen molar-refractivity contribution in [2.75, 3.05) is 13.6 Å². The molecule has 0 saturated heterocycles. The lowest BCUT2D eigenvalue weighted by Gasteiger charge is -2.24. The average Bonchev–Trinajstić information content (AvgIpc) is 2.00. The van der Waals surface area contributed by atoms with Crippen molar-refractivity contribution in [3.63, 3.8) is 0 Å². The smallest absolute Gasteiger partial charge is 0.0684 e. The van der Waals surface area contributed by atoms with Gasteiger partial charge in [-0.2, -0.15) is 5.26 Å². The lowest BCUT2D eigenvalue weighted by atomic mass is 9.91. The Kier molecular flexibility index (Phi) is 4.26. The second-order valence-electron chi connectivity index (χ2n) is 4.32. The van der Waals surface area contributed by atoms with Gasteiger partial charge in [-0.05, 0) is 47.7 Å². The molecule has 12 heavy (non-hydrogen) atoms. The highest BCUT2D eigenvalue weighted by molar-refractivity contribution is 4.91. The van der Waals surface area contributed by atoms with Gasteiger partial charge in [0.25, 0.3) is 0 Å². The molecule has 0 bridgehead atoms. The lowest BCUT2D eigenvalue weighted by molar-refractivity contribution is 0.242. The Hall–Kier alpha value is -0.550. The molecular formula is C10H20N2. The van der Waals surface area contributed by atoms with Gasteiger partial charge in [-0.25, -0.2) is 0 Å². The van der Waals surface area contributed by atoms with E-state index in [2.05, 4.69) is 31.9 Å². The summed E-state index contributed by atoms with van der Waals surface area (Å²) in [6, 6.07) is 2.88. The number of nitriles is 1. The molecule has 0 heterocycles. The molecule has 0 aromatic carbocycles. The quantitative estimate of drug-likeness (QED) is 0.644. The Labute approximate surface area is 76.2 Å². The molecule has 0 N–H and O–H groups in total. The maximum absolute atomic E-state index is 8.78. The van der Waals surface area contributed by atoms with Crippen LogP contribution in [-0.4, -0.2) is 24.5 Å². The largest absolute Gasteiger partial charge is 0.304 e. The van der Waals surface area contributed by atoms with Crippen LogP contribution in [0.3, 0.4) is 0 Å². The van der Waals surface area contributed by atoms with Crippen molar-refractivity contribution in [2.45, 2.75) is 40.2 Å². The van der Waals surface area contributed by atoms with Gasteiger partial charge in [0.2, 0.25) is 0 Å². The molecule has 0 amide bonds. The van der Waals surface area contributed by atoms with Gasteiger partial charge in [0, 0.05) is 6.04 Å². The molecule has 0 fully saturated rings. The molecule has 0 aliphatic carbocycles. The van der Waals surface area contributed by atoms with Gasteiger partial charge >= 0.3 is 0 Å². The first-order valence-electron chi connectivity index (χ1n) is 4.50. The summed E-state index contributed by atoms with van der Waals surface area (Å²) in [6.45, 7) is 9.30. The first-order chi connectivity index (χ1) is 5.39. The fraction of sp³-hybridized carbons (Fsp3) is 0.900. The van der Waals surface area contributed by atoms with Gasteiger partial charge in [0.15, 0.2) is 0 Å². The second kappa shape index (κ2) is 4.47. The Bertz CT molecular complexity index is 165. The molecule has 2 heteroatoms. The summed E-state index contributed by atoms with van der Waals surface area (Å²) in [5.41, 5.74) is -0.177. The van der Waals surface area contributed by atoms with Crippen molar-refractivity contribution >= 4 is 0 Å². The van der Waals surface area contributed by atoms with Crippen LogP contribution in [0.15, 0.2) is 0 Å². The molecule has 0 aliphatic rings. The minimum absolute atomic E-state index is 0.177. The minimum atomic E-state index is -0.177. The van der Waals surface area contributed by atoms with Crippen LogP contribution in [0.25, 0.3) is 0 Å². The minimum Gasteiger partial charge on any atom is -0.304 e. The van der Waals surface area contributed by atoms with Crippen LogP contribution in [0.2, 0.25) is 0 Å². The van der Waals surface area contributed by atoms with Crippen LogP contribution in [0.5, 0.6) is 0 Å². The van der Waals surface area contributed by atoms with Gasteiger partial charge in [-0.3, -0.25) is 0 Å². The van der Waals surface area contributed by atoms with E-state index < -0.39 is 0 Å². The van der Waals surface area contributed by atoms with Crippen LogP contribution in [-0.2, 0) is 0 Å². The Morgan fingerprint density at radius 1 is 1.42 bits per heavy atom. The third-order valence-electron chi connectivity index (χ3n) is 2.27. The van der Waals surface area contributed by atoms with Crippen LogP contribution >= 0.6 is 0 Å². The lowest BCUT2D eigenvalue weighted by Crippen LogP contribution is -2.29. The summed E-state index contributed by atoms with van der Waals surface area (Å²) < 4.78 is 0. The van der Waals surface area contributed by atoms with Gasteiger partial charge < -0.3 is 4.90 Å². The summed E-state index contributed by atoms with van der Waals surface area (Å²) in [7, 11) is 2.10. The topological polar surface area (TPSA) is 27.0 Å². The summed E-state index contributed by atoms with van der Waals surface area (Å²) >= 11 is 0. The molecule has 0 aromatic heterocycles. The Morgan fingerprint density at radius 3 is 2.25 bits per heavy atom. The van der Waals surface area contributed by atoms with E-state index in [1.165, 1.54) is 0 Å². The van der Waals surface area contributed by atoms with Gasteiger partial charge in [-0.1, -0.05) is 0 Å². The fourth-order valence-corrected chi connectivity index (χ4v) is 0.770. The molecule has 0 aromatic rings. The average molecular weight is 168 g/mol. The standard InChI is InChI=1S/C10H20N2/c1-9(2)12(5)7-6-10(3,4)8-11/h9H,6-7H2,1-5H3. The van der Waals surface area contributed by atoms with Crippen LogP contribution < -0.4 is 0 Å². The molecule has 0 rings (SSSR count). The highest BCUT2D eigenvalue weighted by Gasteiger charge is 2.17. The molecule has 2 nitrogen and oxygen atoms in total. The number of rotatable bonds is 4. The Balaban J connectivity index is 3.77. The molecule has 0 atom stereocenters. The molecule has 0 saturated carbocycles. The monoisotopic (exact) mass is 168 g/mol. The molecule has 0 spiro atoms. The van der Waals surface area contributed by atoms with E-state index >= 15 is 0 Å². The van der Waals surface area contributed by atoms with Crippen molar-refractivity contribution in [3.05, 3.63) is 0 Å². The zero-order valence-corrected chi connectivity index (χ0v) is 8.89. The van der Waals surface area contributed by atoms with E-state index in [0.29, 0.717) is 6.04 Å². The number of nitrogens with zero attached hydrogens (tertiary/aromatic N) is 2. The van der Waals surface area contributed by atoms with Gasteiger partial charge in [-0.15, -0.1) is 0 Å². The van der Waals surface area contributed by atoms with Crippen molar-refractivity contribution in [2.24, 2.45) is 5.41 Å². The third-order valence-corrected chi connectivity index (χ3v) is 2.27. The van der Waals surface area contributed by atoms with Crippen LogP contribution in [0, 0.1) is 16.7 Å². The van der Waals surface area contributed by atoms with Gasteiger partial charge in [0.05, 0.1) is 11.5 Å². The van der Waals surface area contributed by atoms with Crippen LogP contribution in [0.4, 0.5) is 0 Å². The Morgan fingerprint density at radius 2 is 1.92 bits per heavy atom. The van der Waals surface area contributed by atoms with E-state index in [1.807, 2.05) is 13.8 Å². The van der Waals surface area contributed by atoms with E-state index in [4.69, 9.17) is 5.26 Å². The molecule has 0 radical (unpaired) electrons.